The Morgan fingerprint density at radius 1 is 1.56 bits per heavy atom. The highest BCUT2D eigenvalue weighted by atomic mass is 32.2. The molecule has 1 saturated heterocycles. The molecule has 3 heterocycles. The number of aliphatic hydroxyl groups is 2. The molecule has 0 radical (unpaired) electrons. The third-order valence-electron chi connectivity index (χ3n) is 4.44. The zero-order valence-corrected chi connectivity index (χ0v) is 15.3. The van der Waals surface area contributed by atoms with Crippen molar-refractivity contribution in [1.82, 2.24) is 19.5 Å². The molecule has 7 N–H and O–H groups in total. The highest BCUT2D eigenvalue weighted by Gasteiger charge is 2.46. The second kappa shape index (κ2) is 7.94. The second-order valence-electron chi connectivity index (χ2n) is 6.41. The van der Waals surface area contributed by atoms with Crippen LogP contribution >= 0.6 is 0 Å². The fourth-order valence-electron chi connectivity index (χ4n) is 2.87. The Balaban J connectivity index is 1.78. The summed E-state index contributed by atoms with van der Waals surface area (Å²) in [6.07, 6.45) is -2.90. The number of fused-ring (bicyclic) bond motifs is 1. The van der Waals surface area contributed by atoms with Gasteiger partial charge in [0.25, 0.3) is 0 Å². The Hall–Kier alpha value is -1.99. The van der Waals surface area contributed by atoms with E-state index in [1.165, 1.54) is 4.57 Å². The normalized spacial score (nSPS) is 28.7. The highest BCUT2D eigenvalue weighted by Crippen LogP contribution is 2.31. The molecule has 0 spiro atoms. The molecule has 1 aliphatic heterocycles. The van der Waals surface area contributed by atoms with E-state index in [1.54, 1.807) is 0 Å². The number of nitrogens with zero attached hydrogens (tertiary/aromatic N) is 3. The number of aromatic amines is 1. The van der Waals surface area contributed by atoms with E-state index < -0.39 is 36.6 Å². The summed E-state index contributed by atoms with van der Waals surface area (Å²) in [6.45, 7) is 0. The molecule has 0 aromatic carbocycles. The molecule has 6 atom stereocenters. The molecular weight excluding hydrogens is 376 g/mol. The van der Waals surface area contributed by atoms with Crippen molar-refractivity contribution >= 4 is 28.0 Å². The van der Waals surface area contributed by atoms with Crippen molar-refractivity contribution in [3.8, 4) is 0 Å². The van der Waals surface area contributed by atoms with Gasteiger partial charge in [0, 0.05) is 6.42 Å². The van der Waals surface area contributed by atoms with Crippen LogP contribution in [0, 0.1) is 5.41 Å². The lowest BCUT2D eigenvalue weighted by molar-refractivity contribution is -0.138. The summed E-state index contributed by atoms with van der Waals surface area (Å²) >= 11 is 0. The minimum Gasteiger partial charge on any atom is -0.480 e. The lowest BCUT2D eigenvalue weighted by Crippen LogP contribution is -2.37. The van der Waals surface area contributed by atoms with E-state index in [9.17, 15) is 15.0 Å². The van der Waals surface area contributed by atoms with Crippen LogP contribution in [0.25, 0.3) is 11.2 Å². The van der Waals surface area contributed by atoms with E-state index in [2.05, 4.69) is 15.0 Å². The number of hydrogen-bond acceptors (Lipinski definition) is 8. The Labute approximate surface area is 159 Å². The Morgan fingerprint density at radius 2 is 2.30 bits per heavy atom. The van der Waals surface area contributed by atoms with Crippen molar-refractivity contribution in [3.63, 3.8) is 0 Å². The number of aliphatic hydroxyl groups excluding tert-OH is 2. The molecular formula is C15H23N6O5S+. The van der Waals surface area contributed by atoms with Crippen molar-refractivity contribution in [2.45, 2.75) is 37.0 Å². The minimum absolute atomic E-state index is 0.0534. The summed E-state index contributed by atoms with van der Waals surface area (Å²) in [4.78, 5) is 21.0. The van der Waals surface area contributed by atoms with E-state index >= 15 is 0 Å². The van der Waals surface area contributed by atoms with Gasteiger partial charge >= 0.3 is 5.97 Å². The topological polar surface area (TPSA) is 183 Å². The predicted octanol–water partition coefficient (Wildman–Crippen LogP) is -2.09. The van der Waals surface area contributed by atoms with Gasteiger partial charge in [-0.25, -0.2) is 9.97 Å². The smallest absolute Gasteiger partial charge is 0.320 e. The van der Waals surface area contributed by atoms with Crippen LogP contribution in [0.1, 0.15) is 15.4 Å². The first-order valence-electron chi connectivity index (χ1n) is 9.19. The fourth-order valence-corrected chi connectivity index (χ4v) is 4.53. The number of ether oxygens (including phenoxy) is 1. The van der Waals surface area contributed by atoms with E-state index in [-0.39, 0.29) is 46.6 Å². The molecule has 0 amide bonds. The maximum Gasteiger partial charge on any atom is 0.320 e. The number of H-pyrrole nitrogens is 1. The van der Waals surface area contributed by atoms with Gasteiger partial charge in [0.15, 0.2) is 11.7 Å². The maximum absolute atomic E-state index is 10.8. The van der Waals surface area contributed by atoms with Crippen LogP contribution in [0.3, 0.4) is 0 Å². The molecule has 0 saturated carbocycles. The number of nitrogens with one attached hydrogen (secondary N) is 2. The first-order valence-corrected chi connectivity index (χ1v) is 10.2. The van der Waals surface area contributed by atoms with Crippen molar-refractivity contribution in [2.24, 2.45) is 5.73 Å². The molecule has 11 nitrogen and oxygen atoms in total. The molecule has 12 heteroatoms. The van der Waals surface area contributed by atoms with Gasteiger partial charge in [0.2, 0.25) is 0 Å². The third kappa shape index (κ3) is 3.99. The van der Waals surface area contributed by atoms with Crippen LogP contribution < -0.4 is 11.2 Å². The van der Waals surface area contributed by atoms with Gasteiger partial charge in [-0.1, -0.05) is 0 Å². The van der Waals surface area contributed by atoms with Gasteiger partial charge in [-0.2, -0.15) is 0 Å². The summed E-state index contributed by atoms with van der Waals surface area (Å²) in [5.74, 6) is -0.167. The van der Waals surface area contributed by atoms with Crippen LogP contribution in [-0.2, 0) is 20.4 Å². The monoisotopic (exact) mass is 403 g/mol. The summed E-state index contributed by atoms with van der Waals surface area (Å²) in [7, 11) is -0.323. The van der Waals surface area contributed by atoms with Gasteiger partial charge in [-0.15, -0.1) is 0 Å². The number of carbonyl (C=O) groups is 1. The first-order chi connectivity index (χ1) is 13.6. The van der Waals surface area contributed by atoms with E-state index in [1.807, 2.05) is 6.26 Å². The standard InChI is InChI=1S/C15H22N6O5S/c1-27(3-2-7(16)15(24)25)4-8-10(22)11(23)14(26-8)21-6-20-9-12(17)18-5-19-13(9)21/h5-8,10-11,14,22-23H,2-4,16H2,1H3,(H2-,17,18,19,24,25)/p+1/t7-,8+,10+,11+,14+,27?/m0/s1/i5T,6T. The van der Waals surface area contributed by atoms with Gasteiger partial charge in [0.1, 0.15) is 49.8 Å². The average molecular weight is 403 g/mol. The van der Waals surface area contributed by atoms with E-state index in [0.29, 0.717) is 11.5 Å². The Bertz CT molecular complexity index is 971. The molecule has 1 unspecified atom stereocenters. The molecule has 2 aromatic rings. The number of aliphatic carboxylic acids is 1. The fraction of sp³-hybridized carbons (Fsp3) is 0.600. The van der Waals surface area contributed by atoms with Gasteiger partial charge in [-0.05, 0) is 10.9 Å². The predicted molar refractivity (Wildman–Crippen MR) is 96.9 cm³/mol. The Kier molecular flexibility index (Phi) is 5.04. The maximum atomic E-state index is 10.8. The minimum atomic E-state index is -1.36. The first kappa shape index (κ1) is 17.1. The number of carboxylic acids is 1. The van der Waals surface area contributed by atoms with Crippen molar-refractivity contribution in [3.05, 3.63) is 18.1 Å². The van der Waals surface area contributed by atoms with Crippen LogP contribution in [0.5, 0.6) is 0 Å². The summed E-state index contributed by atoms with van der Waals surface area (Å²) in [5.41, 5.74) is 5.41. The quantitative estimate of drug-likeness (QED) is 0.284. The van der Waals surface area contributed by atoms with Gasteiger partial charge < -0.3 is 30.8 Å². The summed E-state index contributed by atoms with van der Waals surface area (Å²) in [6, 6.07) is -0.955. The Morgan fingerprint density at radius 3 is 3.00 bits per heavy atom. The number of carboxylic acid groups (broad SMARTS) is 1. The van der Waals surface area contributed by atoms with Gasteiger partial charge in [-0.3, -0.25) is 14.8 Å². The molecule has 27 heavy (non-hydrogen) atoms. The van der Waals surface area contributed by atoms with E-state index in [0.717, 1.165) is 0 Å². The highest BCUT2D eigenvalue weighted by molar-refractivity contribution is 7.96. The van der Waals surface area contributed by atoms with Crippen LogP contribution in [0.4, 0.5) is 0 Å². The number of imidazole rings is 1. The largest absolute Gasteiger partial charge is 0.480 e. The zero-order chi connectivity index (χ0) is 21.5. The molecule has 2 aromatic heterocycles. The lowest BCUT2D eigenvalue weighted by atomic mass is 10.1. The summed E-state index contributed by atoms with van der Waals surface area (Å²) < 4.78 is 22.7. The van der Waals surface area contributed by atoms with Crippen molar-refractivity contribution in [1.29, 1.82) is 5.41 Å². The SMILES string of the molecule is [3H]c1nc(=N)c2nc([3H])n([C@@H]3O[C@H](C[S+](C)CC[C@H](N)C(=O)O)[C@@H](O)[C@H]3O)c2[nH]1. The third-order valence-corrected chi connectivity index (χ3v) is 6.27. The second-order valence-corrected chi connectivity index (χ2v) is 8.71. The number of nitrogens with two attached hydrogens (primary N) is 1. The number of aromatic nitrogens is 4. The molecule has 1 aliphatic rings. The van der Waals surface area contributed by atoms with Crippen LogP contribution in [0.15, 0.2) is 12.6 Å². The van der Waals surface area contributed by atoms with Crippen LogP contribution in [0.2, 0.25) is 0 Å². The number of rotatable bonds is 7. The van der Waals surface area contributed by atoms with Crippen molar-refractivity contribution in [2.75, 3.05) is 17.8 Å². The summed E-state index contributed by atoms with van der Waals surface area (Å²) in [5, 5.41) is 37.6. The molecule has 0 aliphatic carbocycles. The molecule has 148 valence electrons. The van der Waals surface area contributed by atoms with E-state index in [4.69, 9.17) is 23.7 Å². The zero-order valence-electron chi connectivity index (χ0n) is 16.5. The number of hydrogen-bond donors (Lipinski definition) is 6. The molecule has 3 rings (SSSR count). The average Bonchev–Trinajstić information content (AvgIpc) is 3.10. The molecule has 0 bridgehead atoms. The van der Waals surface area contributed by atoms with Crippen molar-refractivity contribution < 1.29 is 27.6 Å². The molecule has 1 fully saturated rings. The lowest BCUT2D eigenvalue weighted by Gasteiger charge is -2.16. The van der Waals surface area contributed by atoms with Gasteiger partial charge in [0.05, 0.1) is 18.9 Å². The van der Waals surface area contributed by atoms with Crippen LogP contribution in [-0.4, -0.2) is 82.9 Å².